The standard InChI is InChI=1S/C19H18O/c1-12-3-4-13-5-8-17-16-10-7-15(20-2)11-14(16)6-9-18(17)19(12)13/h5-12H,3-4H2,1-2H3. The van der Waals surface area contributed by atoms with Crippen molar-refractivity contribution in [2.75, 3.05) is 7.11 Å². The van der Waals surface area contributed by atoms with Crippen molar-refractivity contribution in [2.45, 2.75) is 25.7 Å². The van der Waals surface area contributed by atoms with Crippen LogP contribution in [-0.2, 0) is 6.42 Å². The lowest BCUT2D eigenvalue weighted by Gasteiger charge is -2.12. The van der Waals surface area contributed by atoms with Crippen LogP contribution in [-0.4, -0.2) is 7.11 Å². The molecule has 0 fully saturated rings. The minimum Gasteiger partial charge on any atom is -0.497 e. The van der Waals surface area contributed by atoms with Crippen molar-refractivity contribution in [1.82, 2.24) is 0 Å². The van der Waals surface area contributed by atoms with Crippen LogP contribution in [0.25, 0.3) is 21.5 Å². The van der Waals surface area contributed by atoms with Crippen LogP contribution >= 0.6 is 0 Å². The molecule has 0 aliphatic heterocycles. The molecule has 0 radical (unpaired) electrons. The number of hydrogen-bond donors (Lipinski definition) is 0. The summed E-state index contributed by atoms with van der Waals surface area (Å²) in [6.45, 7) is 2.35. The molecule has 0 N–H and O–H groups in total. The predicted molar refractivity (Wildman–Crippen MR) is 84.7 cm³/mol. The number of aryl methyl sites for hydroxylation is 1. The van der Waals surface area contributed by atoms with E-state index in [0.29, 0.717) is 5.92 Å². The number of benzene rings is 3. The van der Waals surface area contributed by atoms with E-state index in [0.717, 1.165) is 5.75 Å². The molecule has 0 saturated carbocycles. The van der Waals surface area contributed by atoms with Gasteiger partial charge in [-0.1, -0.05) is 37.3 Å². The maximum absolute atomic E-state index is 5.33. The number of methoxy groups -OCH3 is 1. The average Bonchev–Trinajstić information content (AvgIpc) is 2.88. The quantitative estimate of drug-likeness (QED) is 0.557. The molecule has 1 nitrogen and oxygen atoms in total. The van der Waals surface area contributed by atoms with E-state index in [1.54, 1.807) is 12.7 Å². The summed E-state index contributed by atoms with van der Waals surface area (Å²) in [5.74, 6) is 1.61. The molecule has 1 unspecified atom stereocenters. The van der Waals surface area contributed by atoms with Gasteiger partial charge in [-0.15, -0.1) is 0 Å². The monoisotopic (exact) mass is 262 g/mol. The van der Waals surface area contributed by atoms with E-state index in [-0.39, 0.29) is 0 Å². The molecule has 3 aromatic carbocycles. The second-order valence-corrected chi connectivity index (χ2v) is 5.83. The van der Waals surface area contributed by atoms with E-state index in [2.05, 4.69) is 49.4 Å². The first kappa shape index (κ1) is 11.8. The Morgan fingerprint density at radius 2 is 1.75 bits per heavy atom. The van der Waals surface area contributed by atoms with Crippen molar-refractivity contribution in [3.8, 4) is 5.75 Å². The van der Waals surface area contributed by atoms with Crippen molar-refractivity contribution >= 4 is 21.5 Å². The van der Waals surface area contributed by atoms with Gasteiger partial charge >= 0.3 is 0 Å². The molecular weight excluding hydrogens is 244 g/mol. The van der Waals surface area contributed by atoms with Gasteiger partial charge in [0.25, 0.3) is 0 Å². The molecule has 0 saturated heterocycles. The van der Waals surface area contributed by atoms with Gasteiger partial charge in [0.2, 0.25) is 0 Å². The highest BCUT2D eigenvalue weighted by Gasteiger charge is 2.21. The van der Waals surface area contributed by atoms with Gasteiger partial charge in [-0.2, -0.15) is 0 Å². The van der Waals surface area contributed by atoms with Crippen LogP contribution in [0.15, 0.2) is 42.5 Å². The Bertz CT molecular complexity index is 817. The second kappa shape index (κ2) is 4.24. The molecule has 0 bridgehead atoms. The average molecular weight is 262 g/mol. The Hall–Kier alpha value is -2.02. The van der Waals surface area contributed by atoms with E-state index < -0.39 is 0 Å². The number of ether oxygens (including phenoxy) is 1. The Balaban J connectivity index is 2.09. The lowest BCUT2D eigenvalue weighted by molar-refractivity contribution is 0.415. The lowest BCUT2D eigenvalue weighted by Crippen LogP contribution is -1.90. The summed E-state index contributed by atoms with van der Waals surface area (Å²) in [5.41, 5.74) is 3.11. The highest BCUT2D eigenvalue weighted by atomic mass is 16.5. The fourth-order valence-electron chi connectivity index (χ4n) is 3.64. The van der Waals surface area contributed by atoms with Crippen LogP contribution < -0.4 is 4.74 Å². The number of hydrogen-bond acceptors (Lipinski definition) is 1. The molecule has 0 spiro atoms. The summed E-state index contributed by atoms with van der Waals surface area (Å²) in [5, 5.41) is 5.38. The van der Waals surface area contributed by atoms with E-state index in [1.807, 2.05) is 0 Å². The zero-order valence-electron chi connectivity index (χ0n) is 11.9. The fraction of sp³-hybridized carbons (Fsp3) is 0.263. The van der Waals surface area contributed by atoms with Gasteiger partial charge in [-0.05, 0) is 63.6 Å². The van der Waals surface area contributed by atoms with Crippen molar-refractivity contribution in [3.05, 3.63) is 53.6 Å². The molecule has 0 aromatic heterocycles. The van der Waals surface area contributed by atoms with E-state index in [4.69, 9.17) is 4.74 Å². The third-order valence-electron chi connectivity index (χ3n) is 4.70. The predicted octanol–water partition coefficient (Wildman–Crippen LogP) is 5.05. The molecule has 1 aliphatic rings. The van der Waals surface area contributed by atoms with Crippen LogP contribution in [0.2, 0.25) is 0 Å². The first-order valence-electron chi connectivity index (χ1n) is 7.30. The summed E-state index contributed by atoms with van der Waals surface area (Å²) >= 11 is 0. The van der Waals surface area contributed by atoms with Gasteiger partial charge in [0, 0.05) is 0 Å². The zero-order valence-corrected chi connectivity index (χ0v) is 11.9. The highest BCUT2D eigenvalue weighted by molar-refractivity contribution is 6.09. The van der Waals surface area contributed by atoms with Crippen molar-refractivity contribution in [2.24, 2.45) is 0 Å². The van der Waals surface area contributed by atoms with Crippen molar-refractivity contribution < 1.29 is 4.74 Å². The first-order valence-corrected chi connectivity index (χ1v) is 7.30. The molecule has 100 valence electrons. The Morgan fingerprint density at radius 3 is 2.60 bits per heavy atom. The summed E-state index contributed by atoms with van der Waals surface area (Å²) < 4.78 is 5.33. The number of rotatable bonds is 1. The molecule has 0 amide bonds. The molecule has 1 atom stereocenters. The summed E-state index contributed by atoms with van der Waals surface area (Å²) in [6, 6.07) is 15.5. The van der Waals surface area contributed by atoms with Gasteiger partial charge < -0.3 is 4.74 Å². The van der Waals surface area contributed by atoms with Crippen molar-refractivity contribution in [3.63, 3.8) is 0 Å². The fourth-order valence-corrected chi connectivity index (χ4v) is 3.64. The van der Waals surface area contributed by atoms with Gasteiger partial charge in [-0.3, -0.25) is 0 Å². The van der Waals surface area contributed by atoms with Gasteiger partial charge in [0.15, 0.2) is 0 Å². The van der Waals surface area contributed by atoms with Crippen molar-refractivity contribution in [1.29, 1.82) is 0 Å². The molecular formula is C19H18O. The zero-order chi connectivity index (χ0) is 13.7. The summed E-state index contributed by atoms with van der Waals surface area (Å²) in [6.07, 6.45) is 2.52. The molecule has 20 heavy (non-hydrogen) atoms. The Kier molecular flexibility index (Phi) is 2.50. The maximum Gasteiger partial charge on any atom is 0.119 e. The minimum absolute atomic E-state index is 0.685. The maximum atomic E-state index is 5.33. The van der Waals surface area contributed by atoms with Crippen LogP contribution in [0.1, 0.15) is 30.4 Å². The van der Waals surface area contributed by atoms with Crippen LogP contribution in [0.3, 0.4) is 0 Å². The topological polar surface area (TPSA) is 9.23 Å². The summed E-state index contributed by atoms with van der Waals surface area (Å²) in [7, 11) is 1.72. The van der Waals surface area contributed by atoms with Crippen LogP contribution in [0.5, 0.6) is 5.75 Å². The Labute approximate surface area is 119 Å². The molecule has 3 aromatic rings. The SMILES string of the molecule is COc1ccc2c(ccc3c4c(ccc32)CCC4C)c1. The van der Waals surface area contributed by atoms with Gasteiger partial charge in [-0.25, -0.2) is 0 Å². The minimum atomic E-state index is 0.685. The lowest BCUT2D eigenvalue weighted by atomic mass is 9.93. The molecule has 1 aliphatic carbocycles. The van der Waals surface area contributed by atoms with Gasteiger partial charge in [0.1, 0.15) is 5.75 Å². The van der Waals surface area contributed by atoms with Crippen LogP contribution in [0.4, 0.5) is 0 Å². The third-order valence-corrected chi connectivity index (χ3v) is 4.70. The smallest absolute Gasteiger partial charge is 0.119 e. The largest absolute Gasteiger partial charge is 0.497 e. The normalized spacial score (nSPS) is 17.6. The molecule has 1 heteroatoms. The molecule has 0 heterocycles. The molecule has 4 rings (SSSR count). The third kappa shape index (κ3) is 1.56. The second-order valence-electron chi connectivity index (χ2n) is 5.83. The Morgan fingerprint density at radius 1 is 0.950 bits per heavy atom. The van der Waals surface area contributed by atoms with Gasteiger partial charge in [0.05, 0.1) is 7.11 Å². The first-order chi connectivity index (χ1) is 9.78. The summed E-state index contributed by atoms with van der Waals surface area (Å²) in [4.78, 5) is 0. The van der Waals surface area contributed by atoms with E-state index in [9.17, 15) is 0 Å². The van der Waals surface area contributed by atoms with Crippen LogP contribution in [0, 0.1) is 0 Å². The number of fused-ring (bicyclic) bond motifs is 5. The van der Waals surface area contributed by atoms with E-state index >= 15 is 0 Å². The van der Waals surface area contributed by atoms with E-state index in [1.165, 1.54) is 39.9 Å². The highest BCUT2D eigenvalue weighted by Crippen LogP contribution is 2.40.